The molecule has 4 fully saturated rings. The van der Waals surface area contributed by atoms with Crippen molar-refractivity contribution in [2.75, 3.05) is 13.0 Å². The summed E-state index contributed by atoms with van der Waals surface area (Å²) >= 11 is 0. The average molecular weight is 261 g/mol. The summed E-state index contributed by atoms with van der Waals surface area (Å²) < 4.78 is 79.7. The Morgan fingerprint density at radius 2 is 1.89 bits per heavy atom. The maximum absolute atomic E-state index is 14.3. The highest BCUT2D eigenvalue weighted by molar-refractivity contribution is 5.29. The van der Waals surface area contributed by atoms with Crippen LogP contribution in [0.15, 0.2) is 0 Å². The van der Waals surface area contributed by atoms with Gasteiger partial charge in [-0.2, -0.15) is 0 Å². The Labute approximate surface area is 116 Å². The van der Waals surface area contributed by atoms with E-state index in [0.717, 1.165) is 4.90 Å². The molecule has 2 aliphatic carbocycles. The van der Waals surface area contributed by atoms with Gasteiger partial charge in [0.2, 0.25) is 0 Å². The summed E-state index contributed by atoms with van der Waals surface area (Å²) in [5.74, 6) is -3.72. The largest absolute Gasteiger partial charge is 0.296 e. The first-order valence-electron chi connectivity index (χ1n) is 9.82. The van der Waals surface area contributed by atoms with E-state index in [4.69, 9.17) is 8.22 Å². The van der Waals surface area contributed by atoms with Crippen LogP contribution in [-0.2, 0) is 0 Å². The highest BCUT2D eigenvalue weighted by atomic mass is 19.3. The number of nitrogens with zero attached hydrogens (tertiary/aromatic N) is 1. The molecule has 102 valence electrons. The molecule has 3 heteroatoms. The summed E-state index contributed by atoms with van der Waals surface area (Å²) in [6, 6.07) is 0. The molecule has 2 saturated heterocycles. The number of hydrogen-bond donors (Lipinski definition) is 0. The van der Waals surface area contributed by atoms with Gasteiger partial charge in [-0.25, -0.2) is 8.78 Å². The van der Waals surface area contributed by atoms with Crippen LogP contribution in [0.4, 0.5) is 8.78 Å². The summed E-state index contributed by atoms with van der Waals surface area (Å²) in [6.07, 6.45) is -1.70. The third-order valence-electron chi connectivity index (χ3n) is 5.20. The van der Waals surface area contributed by atoms with Gasteiger partial charge in [0, 0.05) is 26.7 Å². The molecule has 0 bridgehead atoms. The van der Waals surface area contributed by atoms with Crippen molar-refractivity contribution in [1.29, 1.82) is 0 Å². The molecule has 0 aromatic heterocycles. The molecule has 0 aromatic rings. The van der Waals surface area contributed by atoms with Crippen molar-refractivity contribution in [3.63, 3.8) is 0 Å². The second-order valence-electron chi connectivity index (χ2n) is 6.86. The molecular weight excluding hydrogens is 232 g/mol. The Kier molecular flexibility index (Phi) is 1.15. The van der Waals surface area contributed by atoms with Crippen LogP contribution in [0.3, 0.4) is 0 Å². The minimum atomic E-state index is -3.20. The van der Waals surface area contributed by atoms with Crippen molar-refractivity contribution in [2.45, 2.75) is 63.8 Å². The van der Waals surface area contributed by atoms with Crippen LogP contribution >= 0.6 is 0 Å². The van der Waals surface area contributed by atoms with Crippen molar-refractivity contribution in [3.05, 3.63) is 0 Å². The van der Waals surface area contributed by atoms with Crippen LogP contribution in [0.25, 0.3) is 0 Å². The Morgan fingerprint density at radius 3 is 2.39 bits per heavy atom. The fraction of sp³-hybridized carbons (Fsp3) is 1.00. The lowest BCUT2D eigenvalue weighted by Gasteiger charge is -2.39. The monoisotopic (exact) mass is 261 g/mol. The number of rotatable bonds is 2. The SMILES string of the molecule is [2H]C1([2H])CC2(CC2)[C@@]2(C([2H])([2H])C(C)C)C[C@]3(CC3(F)F)C([2H])([2H])N12. The fourth-order valence-corrected chi connectivity index (χ4v) is 3.98. The van der Waals surface area contributed by atoms with Gasteiger partial charge in [-0.1, -0.05) is 13.8 Å². The van der Waals surface area contributed by atoms with Crippen molar-refractivity contribution < 1.29 is 17.0 Å². The zero-order chi connectivity index (χ0) is 18.2. The van der Waals surface area contributed by atoms with Gasteiger partial charge in [0.05, 0.1) is 5.41 Å². The maximum atomic E-state index is 14.3. The Balaban J connectivity index is 1.98. The van der Waals surface area contributed by atoms with Gasteiger partial charge in [0.25, 0.3) is 5.92 Å². The molecule has 0 amide bonds. The molecule has 2 atom stereocenters. The van der Waals surface area contributed by atoms with Crippen molar-refractivity contribution >= 4 is 0 Å². The summed E-state index contributed by atoms with van der Waals surface area (Å²) in [4.78, 5) is 0.918. The topological polar surface area (TPSA) is 3.24 Å². The zero-order valence-electron chi connectivity index (χ0n) is 16.8. The third-order valence-corrected chi connectivity index (χ3v) is 5.20. The Hall–Kier alpha value is -0.180. The first-order valence-corrected chi connectivity index (χ1v) is 6.82. The minimum Gasteiger partial charge on any atom is -0.296 e. The van der Waals surface area contributed by atoms with Crippen LogP contribution < -0.4 is 0 Å². The van der Waals surface area contributed by atoms with Gasteiger partial charge in [0.1, 0.15) is 0 Å². The lowest BCUT2D eigenvalue weighted by atomic mass is 9.72. The highest BCUT2D eigenvalue weighted by Gasteiger charge is 2.81. The van der Waals surface area contributed by atoms with E-state index in [0.29, 0.717) is 12.8 Å². The molecule has 2 aliphatic heterocycles. The van der Waals surface area contributed by atoms with Crippen molar-refractivity contribution in [1.82, 2.24) is 4.90 Å². The average Bonchev–Trinajstić information content (AvgIpc) is 3.19. The van der Waals surface area contributed by atoms with Crippen molar-refractivity contribution in [2.24, 2.45) is 16.7 Å². The van der Waals surface area contributed by atoms with Gasteiger partial charge in [0.15, 0.2) is 0 Å². The highest BCUT2D eigenvalue weighted by Crippen LogP contribution is 2.77. The summed E-state index contributed by atoms with van der Waals surface area (Å²) in [5.41, 5.74) is -4.22. The van der Waals surface area contributed by atoms with Crippen LogP contribution in [0, 0.1) is 16.7 Å². The molecule has 18 heavy (non-hydrogen) atoms. The van der Waals surface area contributed by atoms with Gasteiger partial charge < -0.3 is 0 Å². The van der Waals surface area contributed by atoms with Gasteiger partial charge in [-0.3, -0.25) is 4.90 Å². The minimum absolute atomic E-state index is 0.0212. The fourth-order valence-electron chi connectivity index (χ4n) is 3.98. The van der Waals surface area contributed by atoms with Gasteiger partial charge in [-0.05, 0) is 49.9 Å². The maximum Gasteiger partial charge on any atom is 0.255 e. The molecule has 0 aromatic carbocycles. The van der Waals surface area contributed by atoms with E-state index < -0.39 is 54.0 Å². The smallest absolute Gasteiger partial charge is 0.255 e. The second kappa shape index (κ2) is 2.94. The molecule has 4 rings (SSSR count). The van der Waals surface area contributed by atoms with Crippen LogP contribution in [0.1, 0.15) is 60.5 Å². The molecule has 2 saturated carbocycles. The van der Waals surface area contributed by atoms with E-state index in [2.05, 4.69) is 0 Å². The van der Waals surface area contributed by atoms with Crippen LogP contribution in [-0.4, -0.2) is 29.4 Å². The number of alkyl halides is 2. The van der Waals surface area contributed by atoms with Gasteiger partial charge in [-0.15, -0.1) is 0 Å². The second-order valence-corrected chi connectivity index (χ2v) is 6.86. The summed E-state index contributed by atoms with van der Waals surface area (Å²) in [6.45, 7) is -1.34. The number of hydrogen-bond acceptors (Lipinski definition) is 1. The Bertz CT molecular complexity index is 617. The van der Waals surface area contributed by atoms with E-state index in [1.54, 1.807) is 13.8 Å². The van der Waals surface area contributed by atoms with E-state index in [-0.39, 0.29) is 12.8 Å². The number of halogens is 2. The predicted octanol–water partition coefficient (Wildman–Crippen LogP) is 3.69. The van der Waals surface area contributed by atoms with Crippen LogP contribution in [0.5, 0.6) is 0 Å². The Morgan fingerprint density at radius 1 is 1.22 bits per heavy atom. The van der Waals surface area contributed by atoms with E-state index in [1.165, 1.54) is 0 Å². The number of fused-ring (bicyclic) bond motifs is 2. The van der Waals surface area contributed by atoms with Crippen LogP contribution in [0.2, 0.25) is 0 Å². The molecule has 0 unspecified atom stereocenters. The molecule has 0 radical (unpaired) electrons. The van der Waals surface area contributed by atoms with E-state index in [9.17, 15) is 8.78 Å². The molecule has 2 spiro atoms. The normalized spacial score (nSPS) is 58.5. The lowest BCUT2D eigenvalue weighted by molar-refractivity contribution is 0.0629. The molecule has 0 N–H and O–H groups in total. The standard InChI is InChI=1S/C15H23F2N/c1-11(2)7-14-8-13(9-15(13,16)17)10-18(14)6-5-12(14)3-4-12/h11H,3-10H2,1-2H3/t13-,14+/m0/s1/i6D2,7D2,10D2. The zero-order valence-corrected chi connectivity index (χ0v) is 10.8. The summed E-state index contributed by atoms with van der Waals surface area (Å²) in [5, 5.41) is 0. The first-order chi connectivity index (χ1) is 10.6. The quantitative estimate of drug-likeness (QED) is 0.733. The van der Waals surface area contributed by atoms with Crippen molar-refractivity contribution in [3.8, 4) is 0 Å². The molecule has 4 aliphatic rings. The molecule has 1 nitrogen and oxygen atoms in total. The lowest BCUT2D eigenvalue weighted by Crippen LogP contribution is -2.45. The molecular formula is C15H23F2N. The summed E-state index contributed by atoms with van der Waals surface area (Å²) in [7, 11) is 0. The first kappa shape index (κ1) is 7.01. The third kappa shape index (κ3) is 1.16. The van der Waals surface area contributed by atoms with E-state index in [1.807, 2.05) is 0 Å². The van der Waals surface area contributed by atoms with Gasteiger partial charge >= 0.3 is 0 Å². The predicted molar refractivity (Wildman–Crippen MR) is 66.7 cm³/mol. The molecule has 2 heterocycles. The van der Waals surface area contributed by atoms with E-state index >= 15 is 0 Å².